The standard InChI is InChI=1S/C23H16Cl2N2O2/c1-14-5-7-15(8-6-14)18-13-17-4-2-3-11-27(17)21(18)22(28)23(29)26-16-9-10-19(24)20(25)12-16/h2-13H,1H3,(H,26,29). The summed E-state index contributed by atoms with van der Waals surface area (Å²) >= 11 is 11.9. The lowest BCUT2D eigenvalue weighted by Crippen LogP contribution is -2.24. The zero-order chi connectivity index (χ0) is 20.5. The van der Waals surface area contributed by atoms with Crippen LogP contribution in [0.15, 0.2) is 72.9 Å². The van der Waals surface area contributed by atoms with Crippen molar-refractivity contribution in [3.8, 4) is 11.1 Å². The van der Waals surface area contributed by atoms with Gasteiger partial charge in [0.05, 0.1) is 10.0 Å². The third-order valence-corrected chi connectivity index (χ3v) is 5.38. The van der Waals surface area contributed by atoms with Gasteiger partial charge < -0.3 is 9.72 Å². The minimum atomic E-state index is -0.749. The van der Waals surface area contributed by atoms with Crippen LogP contribution >= 0.6 is 23.2 Å². The third kappa shape index (κ3) is 3.77. The van der Waals surface area contributed by atoms with Crippen molar-refractivity contribution >= 4 is 46.1 Å². The lowest BCUT2D eigenvalue weighted by Gasteiger charge is -2.08. The number of hydrogen-bond donors (Lipinski definition) is 1. The van der Waals surface area contributed by atoms with E-state index in [4.69, 9.17) is 23.2 Å². The second-order valence-electron chi connectivity index (χ2n) is 6.68. The Bertz CT molecular complexity index is 1240. The SMILES string of the molecule is Cc1ccc(-c2cc3ccccn3c2C(=O)C(=O)Nc2ccc(Cl)c(Cl)c2)cc1. The summed E-state index contributed by atoms with van der Waals surface area (Å²) < 4.78 is 1.73. The van der Waals surface area contributed by atoms with Crippen molar-refractivity contribution in [3.05, 3.63) is 94.2 Å². The molecule has 0 fully saturated rings. The molecule has 1 N–H and O–H groups in total. The van der Waals surface area contributed by atoms with E-state index in [1.54, 1.807) is 22.7 Å². The molecule has 0 saturated heterocycles. The van der Waals surface area contributed by atoms with E-state index in [1.165, 1.54) is 6.07 Å². The molecule has 6 heteroatoms. The molecule has 2 heterocycles. The van der Waals surface area contributed by atoms with Crippen molar-refractivity contribution in [2.75, 3.05) is 5.32 Å². The van der Waals surface area contributed by atoms with Crippen molar-refractivity contribution in [2.45, 2.75) is 6.92 Å². The van der Waals surface area contributed by atoms with Crippen molar-refractivity contribution < 1.29 is 9.59 Å². The molecular weight excluding hydrogens is 407 g/mol. The van der Waals surface area contributed by atoms with Gasteiger partial charge in [0.1, 0.15) is 5.69 Å². The smallest absolute Gasteiger partial charge is 0.298 e. The number of rotatable bonds is 4. The highest BCUT2D eigenvalue weighted by atomic mass is 35.5. The number of carbonyl (C=O) groups excluding carboxylic acids is 2. The molecule has 0 radical (unpaired) electrons. The van der Waals surface area contributed by atoms with E-state index in [1.807, 2.05) is 55.5 Å². The minimum absolute atomic E-state index is 0.297. The van der Waals surface area contributed by atoms with E-state index >= 15 is 0 Å². The first-order valence-corrected chi connectivity index (χ1v) is 9.67. The molecule has 0 aliphatic carbocycles. The first-order valence-electron chi connectivity index (χ1n) is 8.92. The van der Waals surface area contributed by atoms with Crippen LogP contribution in [0, 0.1) is 6.92 Å². The molecular formula is C23H16Cl2N2O2. The number of anilines is 1. The van der Waals surface area contributed by atoms with Gasteiger partial charge in [-0.2, -0.15) is 0 Å². The number of aryl methyl sites for hydroxylation is 1. The largest absolute Gasteiger partial charge is 0.319 e. The van der Waals surface area contributed by atoms with Crippen LogP contribution < -0.4 is 5.32 Å². The van der Waals surface area contributed by atoms with Gasteiger partial charge in [-0.25, -0.2) is 0 Å². The van der Waals surface area contributed by atoms with Gasteiger partial charge in [0.2, 0.25) is 0 Å². The summed E-state index contributed by atoms with van der Waals surface area (Å²) in [4.78, 5) is 25.9. The van der Waals surface area contributed by atoms with Gasteiger partial charge in [-0.3, -0.25) is 9.59 Å². The molecule has 0 bridgehead atoms. The maximum atomic E-state index is 13.1. The van der Waals surface area contributed by atoms with Crippen LogP contribution in [0.1, 0.15) is 16.1 Å². The molecule has 4 rings (SSSR count). The number of fused-ring (bicyclic) bond motifs is 1. The number of Topliss-reactive ketones (excluding diaryl/α,β-unsaturated/α-hetero) is 1. The molecule has 0 aliphatic rings. The number of aromatic nitrogens is 1. The zero-order valence-corrected chi connectivity index (χ0v) is 17.0. The van der Waals surface area contributed by atoms with Crippen LogP contribution in [-0.2, 0) is 4.79 Å². The highest BCUT2D eigenvalue weighted by Crippen LogP contribution is 2.29. The predicted molar refractivity (Wildman–Crippen MR) is 117 cm³/mol. The van der Waals surface area contributed by atoms with Crippen molar-refractivity contribution in [1.82, 2.24) is 4.40 Å². The number of ketones is 1. The first-order chi connectivity index (χ1) is 13.9. The van der Waals surface area contributed by atoms with Gasteiger partial charge in [-0.1, -0.05) is 59.1 Å². The summed E-state index contributed by atoms with van der Waals surface area (Å²) in [6, 6.07) is 20.0. The fraction of sp³-hybridized carbons (Fsp3) is 0.0435. The quantitative estimate of drug-likeness (QED) is 0.321. The molecule has 0 spiro atoms. The van der Waals surface area contributed by atoms with Crippen LogP contribution in [-0.4, -0.2) is 16.1 Å². The molecule has 0 unspecified atom stereocenters. The molecule has 0 atom stereocenters. The molecule has 144 valence electrons. The Morgan fingerprint density at radius 3 is 2.38 bits per heavy atom. The molecule has 4 aromatic rings. The van der Waals surface area contributed by atoms with Crippen molar-refractivity contribution in [3.63, 3.8) is 0 Å². The van der Waals surface area contributed by atoms with Crippen LogP contribution in [0.25, 0.3) is 16.6 Å². The Labute approximate surface area is 177 Å². The number of hydrogen-bond acceptors (Lipinski definition) is 2. The third-order valence-electron chi connectivity index (χ3n) is 4.64. The Balaban J connectivity index is 1.76. The molecule has 0 saturated carbocycles. The van der Waals surface area contributed by atoms with Crippen molar-refractivity contribution in [1.29, 1.82) is 0 Å². The monoisotopic (exact) mass is 422 g/mol. The van der Waals surface area contributed by atoms with Gasteiger partial charge in [0, 0.05) is 23.0 Å². The molecule has 4 nitrogen and oxygen atoms in total. The van der Waals surface area contributed by atoms with Gasteiger partial charge in [-0.05, 0) is 48.9 Å². The second kappa shape index (κ2) is 7.74. The highest BCUT2D eigenvalue weighted by molar-refractivity contribution is 6.47. The first kappa shape index (κ1) is 19.2. The number of nitrogens with one attached hydrogen (secondary N) is 1. The highest BCUT2D eigenvalue weighted by Gasteiger charge is 2.25. The Morgan fingerprint density at radius 1 is 0.897 bits per heavy atom. The van der Waals surface area contributed by atoms with Crippen LogP contribution in [0.5, 0.6) is 0 Å². The second-order valence-corrected chi connectivity index (χ2v) is 7.49. The maximum absolute atomic E-state index is 13.1. The van der Waals surface area contributed by atoms with E-state index in [-0.39, 0.29) is 0 Å². The number of benzene rings is 2. The van der Waals surface area contributed by atoms with E-state index < -0.39 is 11.7 Å². The van der Waals surface area contributed by atoms with Crippen molar-refractivity contribution in [2.24, 2.45) is 0 Å². The summed E-state index contributed by atoms with van der Waals surface area (Å²) in [7, 11) is 0. The number of amides is 1. The van der Waals surface area contributed by atoms with Gasteiger partial charge in [0.25, 0.3) is 11.7 Å². The summed E-state index contributed by atoms with van der Waals surface area (Å²) in [5, 5.41) is 3.27. The molecule has 29 heavy (non-hydrogen) atoms. The van der Waals surface area contributed by atoms with Gasteiger partial charge >= 0.3 is 0 Å². The Hall–Kier alpha value is -3.08. The number of carbonyl (C=O) groups is 2. The molecule has 2 aromatic heterocycles. The van der Waals surface area contributed by atoms with Crippen LogP contribution in [0.4, 0.5) is 5.69 Å². The van der Waals surface area contributed by atoms with E-state index in [0.717, 1.165) is 16.6 Å². The number of halogens is 2. The molecule has 0 aliphatic heterocycles. The van der Waals surface area contributed by atoms with Crippen LogP contribution in [0.3, 0.4) is 0 Å². The van der Waals surface area contributed by atoms with E-state index in [0.29, 0.717) is 27.0 Å². The lowest BCUT2D eigenvalue weighted by atomic mass is 10.0. The summed E-state index contributed by atoms with van der Waals surface area (Å²) in [5.74, 6) is -1.39. The minimum Gasteiger partial charge on any atom is -0.319 e. The van der Waals surface area contributed by atoms with Gasteiger partial charge in [-0.15, -0.1) is 0 Å². The zero-order valence-electron chi connectivity index (χ0n) is 15.4. The average Bonchev–Trinajstić information content (AvgIpc) is 3.10. The van der Waals surface area contributed by atoms with Crippen LogP contribution in [0.2, 0.25) is 10.0 Å². The van der Waals surface area contributed by atoms with E-state index in [2.05, 4.69) is 5.32 Å². The summed E-state index contributed by atoms with van der Waals surface area (Å²) in [5.41, 5.74) is 4.21. The molecule has 2 aromatic carbocycles. The number of nitrogens with zero attached hydrogens (tertiary/aromatic N) is 1. The average molecular weight is 423 g/mol. The summed E-state index contributed by atoms with van der Waals surface area (Å²) in [6.45, 7) is 2.00. The summed E-state index contributed by atoms with van der Waals surface area (Å²) in [6.07, 6.45) is 1.77. The Morgan fingerprint density at radius 2 is 1.66 bits per heavy atom. The normalized spacial score (nSPS) is 10.9. The maximum Gasteiger partial charge on any atom is 0.298 e. The van der Waals surface area contributed by atoms with Gasteiger partial charge in [0.15, 0.2) is 0 Å². The predicted octanol–water partition coefficient (Wildman–Crippen LogP) is 6.04. The number of pyridine rings is 1. The topological polar surface area (TPSA) is 50.6 Å². The fourth-order valence-electron chi connectivity index (χ4n) is 3.18. The lowest BCUT2D eigenvalue weighted by molar-refractivity contribution is -0.112. The molecule has 1 amide bonds. The fourth-order valence-corrected chi connectivity index (χ4v) is 3.48. The van der Waals surface area contributed by atoms with E-state index in [9.17, 15) is 9.59 Å². The Kier molecular flexibility index (Phi) is 5.14.